The molecule has 1 unspecified atom stereocenters. The summed E-state index contributed by atoms with van der Waals surface area (Å²) in [5.74, 6) is 1.16. The van der Waals surface area contributed by atoms with E-state index in [0.717, 1.165) is 51.9 Å². The van der Waals surface area contributed by atoms with Crippen LogP contribution in [0.25, 0.3) is 0 Å². The lowest BCUT2D eigenvalue weighted by Gasteiger charge is -2.37. The van der Waals surface area contributed by atoms with Crippen molar-refractivity contribution >= 4 is 17.9 Å². The van der Waals surface area contributed by atoms with Crippen LogP contribution in [0.5, 0.6) is 0 Å². The number of carbonyl (C=O) groups is 1. The average molecular weight is 459 g/mol. The molecule has 4 heterocycles. The van der Waals surface area contributed by atoms with Crippen molar-refractivity contribution < 1.29 is 14.1 Å². The molecule has 1 atom stereocenters. The highest BCUT2D eigenvalue weighted by Crippen LogP contribution is 2.23. The molecule has 0 saturated carbocycles. The minimum Gasteiger partial charge on any atom is -0.373 e. The summed E-state index contributed by atoms with van der Waals surface area (Å²) in [6, 6.07) is 0.818. The summed E-state index contributed by atoms with van der Waals surface area (Å²) in [6.45, 7) is 8.82. The number of hydrogen-bond acceptors (Lipinski definition) is 10. The molecular formula is C22H34N8O3. The van der Waals surface area contributed by atoms with Crippen molar-refractivity contribution in [2.75, 3.05) is 49.1 Å². The quantitative estimate of drug-likeness (QED) is 0.552. The number of nitrogens with zero attached hydrogens (tertiary/aromatic N) is 7. The summed E-state index contributed by atoms with van der Waals surface area (Å²) in [5, 5.41) is 4.00. The van der Waals surface area contributed by atoms with Crippen LogP contribution >= 0.6 is 0 Å². The highest BCUT2D eigenvalue weighted by atomic mass is 16.5. The lowest BCUT2D eigenvalue weighted by Crippen LogP contribution is -2.47. The van der Waals surface area contributed by atoms with Gasteiger partial charge in [-0.2, -0.15) is 4.98 Å². The lowest BCUT2D eigenvalue weighted by atomic mass is 10.0. The Hall–Kier alpha value is -2.79. The maximum atomic E-state index is 13.2. The van der Waals surface area contributed by atoms with Gasteiger partial charge in [-0.15, -0.1) is 0 Å². The van der Waals surface area contributed by atoms with Crippen molar-refractivity contribution in [2.24, 2.45) is 5.73 Å². The summed E-state index contributed by atoms with van der Waals surface area (Å²) in [4.78, 5) is 32.5. The molecule has 2 aliphatic heterocycles. The van der Waals surface area contributed by atoms with E-state index in [9.17, 15) is 4.79 Å². The van der Waals surface area contributed by atoms with E-state index in [1.807, 2.05) is 11.8 Å². The topological polar surface area (TPSA) is 127 Å². The van der Waals surface area contributed by atoms with E-state index in [0.29, 0.717) is 43.1 Å². The van der Waals surface area contributed by atoms with E-state index < -0.39 is 0 Å². The van der Waals surface area contributed by atoms with E-state index in [2.05, 4.69) is 36.8 Å². The molecule has 33 heavy (non-hydrogen) atoms. The van der Waals surface area contributed by atoms with Gasteiger partial charge in [0.25, 0.3) is 5.91 Å². The standard InChI is InChI=1S/C22H34N8O3/c1-3-11-32-15-19-26-22(33-27-19)28-9-6-18(7-10-28)30(4-2)20(31)16-12-24-21(25-13-16)29-8-5-17(23)14-29/h12-13,17-18H,3-11,14-15,23H2,1-2H3. The van der Waals surface area contributed by atoms with E-state index >= 15 is 0 Å². The van der Waals surface area contributed by atoms with Crippen molar-refractivity contribution in [1.82, 2.24) is 25.0 Å². The number of nitrogens with two attached hydrogens (primary N) is 1. The Morgan fingerprint density at radius 1 is 1.18 bits per heavy atom. The second-order valence-electron chi connectivity index (χ2n) is 8.62. The van der Waals surface area contributed by atoms with Crippen molar-refractivity contribution in [2.45, 2.75) is 58.2 Å². The number of hydrogen-bond donors (Lipinski definition) is 1. The Morgan fingerprint density at radius 2 is 1.91 bits per heavy atom. The molecular weight excluding hydrogens is 424 g/mol. The van der Waals surface area contributed by atoms with Crippen LogP contribution in [0.4, 0.5) is 12.0 Å². The molecule has 1 amide bonds. The van der Waals surface area contributed by atoms with Crippen molar-refractivity contribution in [3.63, 3.8) is 0 Å². The Morgan fingerprint density at radius 3 is 2.55 bits per heavy atom. The van der Waals surface area contributed by atoms with E-state index in [1.165, 1.54) is 0 Å². The fourth-order valence-corrected chi connectivity index (χ4v) is 4.41. The Bertz CT molecular complexity index is 897. The molecule has 2 aromatic heterocycles. The van der Waals surface area contributed by atoms with Crippen molar-refractivity contribution in [3.8, 4) is 0 Å². The minimum absolute atomic E-state index is 0.0335. The maximum absolute atomic E-state index is 13.2. The third kappa shape index (κ3) is 5.59. The average Bonchev–Trinajstić information content (AvgIpc) is 3.49. The lowest BCUT2D eigenvalue weighted by molar-refractivity contribution is 0.0661. The number of amides is 1. The molecule has 0 radical (unpaired) electrons. The highest BCUT2D eigenvalue weighted by molar-refractivity contribution is 5.94. The predicted octanol–water partition coefficient (Wildman–Crippen LogP) is 1.45. The number of carbonyl (C=O) groups excluding carboxylic acids is 1. The molecule has 0 aliphatic carbocycles. The normalized spacial score (nSPS) is 19.3. The van der Waals surface area contributed by atoms with Crippen molar-refractivity contribution in [1.29, 1.82) is 0 Å². The zero-order valence-corrected chi connectivity index (χ0v) is 19.5. The maximum Gasteiger partial charge on any atom is 0.324 e. The van der Waals surface area contributed by atoms with Crippen LogP contribution < -0.4 is 15.5 Å². The first-order chi connectivity index (χ1) is 16.1. The van der Waals surface area contributed by atoms with Gasteiger partial charge in [0, 0.05) is 63.8 Å². The van der Waals surface area contributed by atoms with Crippen LogP contribution in [0.2, 0.25) is 0 Å². The number of piperidine rings is 1. The summed E-state index contributed by atoms with van der Waals surface area (Å²) in [7, 11) is 0. The molecule has 0 spiro atoms. The van der Waals surface area contributed by atoms with E-state index in [1.54, 1.807) is 12.4 Å². The van der Waals surface area contributed by atoms with Gasteiger partial charge in [-0.05, 0) is 32.6 Å². The van der Waals surface area contributed by atoms with Gasteiger partial charge in [-0.1, -0.05) is 12.1 Å². The summed E-state index contributed by atoms with van der Waals surface area (Å²) in [6.07, 6.45) is 6.81. The minimum atomic E-state index is -0.0335. The van der Waals surface area contributed by atoms with E-state index in [-0.39, 0.29) is 18.0 Å². The number of ether oxygens (including phenoxy) is 1. The molecule has 180 valence electrons. The SMILES string of the molecule is CCCOCc1noc(N2CCC(N(CC)C(=O)c3cnc(N4CCC(N)C4)nc3)CC2)n1. The highest BCUT2D eigenvalue weighted by Gasteiger charge is 2.30. The first kappa shape index (κ1) is 23.4. The van der Waals surface area contributed by atoms with Crippen LogP contribution in [0, 0.1) is 0 Å². The van der Waals surface area contributed by atoms with Crippen LogP contribution in [-0.2, 0) is 11.3 Å². The molecule has 2 N–H and O–H groups in total. The number of aromatic nitrogens is 4. The van der Waals surface area contributed by atoms with Crippen molar-refractivity contribution in [3.05, 3.63) is 23.8 Å². The molecule has 2 saturated heterocycles. The van der Waals surface area contributed by atoms with Crippen LogP contribution in [0.15, 0.2) is 16.9 Å². The third-order valence-electron chi connectivity index (χ3n) is 6.21. The Balaban J connectivity index is 1.32. The second kappa shape index (κ2) is 10.9. The second-order valence-corrected chi connectivity index (χ2v) is 8.62. The molecule has 2 aliphatic rings. The molecule has 11 heteroatoms. The molecule has 2 aromatic rings. The van der Waals surface area contributed by atoms with E-state index in [4.69, 9.17) is 15.0 Å². The van der Waals surface area contributed by atoms with Gasteiger partial charge in [0.15, 0.2) is 5.82 Å². The smallest absolute Gasteiger partial charge is 0.324 e. The largest absolute Gasteiger partial charge is 0.373 e. The zero-order valence-electron chi connectivity index (χ0n) is 19.5. The molecule has 4 rings (SSSR count). The summed E-state index contributed by atoms with van der Waals surface area (Å²) < 4.78 is 10.9. The Labute approximate surface area is 194 Å². The predicted molar refractivity (Wildman–Crippen MR) is 123 cm³/mol. The van der Waals surface area contributed by atoms with Gasteiger partial charge in [-0.25, -0.2) is 9.97 Å². The van der Waals surface area contributed by atoms with Gasteiger partial charge < -0.3 is 29.7 Å². The molecule has 2 fully saturated rings. The van der Waals surface area contributed by atoms with Gasteiger partial charge in [0.2, 0.25) is 5.95 Å². The number of anilines is 2. The third-order valence-corrected chi connectivity index (χ3v) is 6.21. The summed E-state index contributed by atoms with van der Waals surface area (Å²) >= 11 is 0. The first-order valence-electron chi connectivity index (χ1n) is 11.9. The Kier molecular flexibility index (Phi) is 7.71. The van der Waals surface area contributed by atoms with Crippen LogP contribution in [-0.4, -0.2) is 82.3 Å². The van der Waals surface area contributed by atoms with Gasteiger partial charge >= 0.3 is 6.01 Å². The number of rotatable bonds is 9. The van der Waals surface area contributed by atoms with Gasteiger partial charge in [-0.3, -0.25) is 4.79 Å². The van der Waals surface area contributed by atoms with Crippen LogP contribution in [0.3, 0.4) is 0 Å². The fourth-order valence-electron chi connectivity index (χ4n) is 4.41. The molecule has 0 aromatic carbocycles. The fraction of sp³-hybridized carbons (Fsp3) is 0.682. The zero-order chi connectivity index (χ0) is 23.2. The van der Waals surface area contributed by atoms with Gasteiger partial charge in [0.05, 0.1) is 5.56 Å². The summed E-state index contributed by atoms with van der Waals surface area (Å²) in [5.41, 5.74) is 6.49. The molecule has 11 nitrogen and oxygen atoms in total. The monoisotopic (exact) mass is 458 g/mol. The van der Waals surface area contributed by atoms with Gasteiger partial charge in [0.1, 0.15) is 6.61 Å². The first-order valence-corrected chi connectivity index (χ1v) is 11.9. The van der Waals surface area contributed by atoms with Crippen LogP contribution in [0.1, 0.15) is 55.7 Å². The molecule has 0 bridgehead atoms.